The highest BCUT2D eigenvalue weighted by Gasteiger charge is 2.04. The molecule has 1 aromatic rings. The van der Waals surface area contributed by atoms with Crippen molar-refractivity contribution in [2.75, 3.05) is 26.6 Å². The van der Waals surface area contributed by atoms with Gasteiger partial charge in [-0.25, -0.2) is 5.48 Å². The fraction of sp³-hybridized carbons (Fsp3) is 0.417. The molecule has 1 amide bonds. The summed E-state index contributed by atoms with van der Waals surface area (Å²) in [6, 6.07) is 7.47. The van der Waals surface area contributed by atoms with Gasteiger partial charge in [0, 0.05) is 18.4 Å². The summed E-state index contributed by atoms with van der Waals surface area (Å²) in [6.45, 7) is 0.791. The van der Waals surface area contributed by atoms with Crippen LogP contribution in [0, 0.1) is 0 Å². The maximum Gasteiger partial charge on any atom is 0.274 e. The van der Waals surface area contributed by atoms with Crippen molar-refractivity contribution in [3.05, 3.63) is 35.4 Å². The summed E-state index contributed by atoms with van der Waals surface area (Å²) in [5.41, 5.74) is 4.15. The fourth-order valence-electron chi connectivity index (χ4n) is 1.22. The molecule has 1 N–H and O–H groups in total. The molecular formula is C12H17NO3S. The molecule has 1 aromatic carbocycles. The zero-order valence-corrected chi connectivity index (χ0v) is 10.9. The first-order chi connectivity index (χ1) is 8.27. The van der Waals surface area contributed by atoms with Gasteiger partial charge in [-0.15, -0.1) is 0 Å². The Labute approximate surface area is 106 Å². The largest absolute Gasteiger partial charge is 0.382 e. The quantitative estimate of drug-likeness (QED) is 0.597. The third-order valence-corrected chi connectivity index (χ3v) is 2.70. The topological polar surface area (TPSA) is 47.6 Å². The number of hydrogen-bond acceptors (Lipinski definition) is 4. The molecule has 0 atom stereocenters. The van der Waals surface area contributed by atoms with E-state index in [-0.39, 0.29) is 5.91 Å². The highest BCUT2D eigenvalue weighted by atomic mass is 32.2. The Morgan fingerprint density at radius 2 is 2.00 bits per heavy atom. The van der Waals surface area contributed by atoms with Crippen molar-refractivity contribution in [1.29, 1.82) is 0 Å². The first-order valence-electron chi connectivity index (χ1n) is 5.27. The average Bonchev–Trinajstić information content (AvgIpc) is 2.36. The number of carbonyl (C=O) groups excluding carboxylic acids is 1. The standard InChI is InChI=1S/C12H17NO3S/c1-15-7-8-16-13-12(14)11-5-3-10(4-6-11)9-17-2/h3-6H,7-9H2,1-2H3,(H,13,14). The lowest BCUT2D eigenvalue weighted by atomic mass is 10.1. The van der Waals surface area contributed by atoms with E-state index in [0.717, 1.165) is 5.75 Å². The van der Waals surface area contributed by atoms with Gasteiger partial charge in [0.1, 0.15) is 0 Å². The van der Waals surface area contributed by atoms with Crippen LogP contribution < -0.4 is 5.48 Å². The summed E-state index contributed by atoms with van der Waals surface area (Å²) < 4.78 is 4.79. The Bertz CT molecular complexity index is 340. The van der Waals surface area contributed by atoms with Crippen molar-refractivity contribution in [1.82, 2.24) is 5.48 Å². The molecule has 4 nitrogen and oxygen atoms in total. The molecule has 1 rings (SSSR count). The van der Waals surface area contributed by atoms with Crippen LogP contribution >= 0.6 is 11.8 Å². The summed E-state index contributed by atoms with van der Waals surface area (Å²) >= 11 is 1.75. The molecule has 0 radical (unpaired) electrons. The van der Waals surface area contributed by atoms with E-state index in [4.69, 9.17) is 9.57 Å². The SMILES string of the molecule is COCCONC(=O)c1ccc(CSC)cc1. The Balaban J connectivity index is 2.40. The molecule has 0 spiro atoms. The first-order valence-corrected chi connectivity index (χ1v) is 6.66. The fourth-order valence-corrected chi connectivity index (χ4v) is 1.75. The molecule has 0 unspecified atom stereocenters. The van der Waals surface area contributed by atoms with E-state index in [1.54, 1.807) is 31.0 Å². The van der Waals surface area contributed by atoms with Crippen molar-refractivity contribution >= 4 is 17.7 Å². The van der Waals surface area contributed by atoms with Gasteiger partial charge in [-0.1, -0.05) is 12.1 Å². The molecule has 0 aliphatic rings. The number of amides is 1. The third kappa shape index (κ3) is 5.21. The number of hydroxylamine groups is 1. The van der Waals surface area contributed by atoms with Gasteiger partial charge in [0.15, 0.2) is 0 Å². The predicted octanol–water partition coefficient (Wildman–Crippen LogP) is 1.86. The van der Waals surface area contributed by atoms with Gasteiger partial charge in [-0.05, 0) is 24.0 Å². The number of hydrogen-bond donors (Lipinski definition) is 1. The molecule has 0 aliphatic carbocycles. The van der Waals surface area contributed by atoms with E-state index in [0.29, 0.717) is 18.8 Å². The molecule has 5 heteroatoms. The lowest BCUT2D eigenvalue weighted by Crippen LogP contribution is -2.25. The summed E-state index contributed by atoms with van der Waals surface area (Å²) in [7, 11) is 1.58. The molecule has 0 saturated carbocycles. The maximum atomic E-state index is 11.6. The minimum Gasteiger partial charge on any atom is -0.382 e. The lowest BCUT2D eigenvalue weighted by Gasteiger charge is -2.06. The summed E-state index contributed by atoms with van der Waals surface area (Å²) in [6.07, 6.45) is 2.05. The van der Waals surface area contributed by atoms with Crippen LogP contribution in [-0.2, 0) is 15.3 Å². The van der Waals surface area contributed by atoms with Gasteiger partial charge in [0.2, 0.25) is 0 Å². The summed E-state index contributed by atoms with van der Waals surface area (Å²) in [5, 5.41) is 0. The van der Waals surface area contributed by atoms with Crippen molar-refractivity contribution in [2.45, 2.75) is 5.75 Å². The van der Waals surface area contributed by atoms with Gasteiger partial charge >= 0.3 is 0 Å². The molecule has 0 saturated heterocycles. The third-order valence-electron chi connectivity index (χ3n) is 2.08. The second kappa shape index (κ2) is 8.11. The molecule has 0 aromatic heterocycles. The Kier molecular flexibility index (Phi) is 6.69. The predicted molar refractivity (Wildman–Crippen MR) is 69.0 cm³/mol. The normalized spacial score (nSPS) is 10.2. The van der Waals surface area contributed by atoms with E-state index in [1.807, 2.05) is 18.4 Å². The maximum absolute atomic E-state index is 11.6. The molecule has 0 bridgehead atoms. The molecule has 17 heavy (non-hydrogen) atoms. The molecule has 94 valence electrons. The molecule has 0 aliphatic heterocycles. The van der Waals surface area contributed by atoms with Crippen molar-refractivity contribution in [3.8, 4) is 0 Å². The van der Waals surface area contributed by atoms with E-state index in [9.17, 15) is 4.79 Å². The summed E-state index contributed by atoms with van der Waals surface area (Å²) in [5.74, 6) is 0.712. The number of rotatable bonds is 7. The molecule has 0 fully saturated rings. The van der Waals surface area contributed by atoms with Crippen molar-refractivity contribution in [3.63, 3.8) is 0 Å². The van der Waals surface area contributed by atoms with Crippen LogP contribution in [0.15, 0.2) is 24.3 Å². The van der Waals surface area contributed by atoms with Crippen molar-refractivity contribution in [2.24, 2.45) is 0 Å². The second-order valence-electron chi connectivity index (χ2n) is 3.40. The zero-order chi connectivity index (χ0) is 12.5. The van der Waals surface area contributed by atoms with Crippen LogP contribution in [0.5, 0.6) is 0 Å². The van der Waals surface area contributed by atoms with Gasteiger partial charge in [-0.2, -0.15) is 11.8 Å². The second-order valence-corrected chi connectivity index (χ2v) is 4.27. The van der Waals surface area contributed by atoms with Gasteiger partial charge in [-0.3, -0.25) is 9.63 Å². The van der Waals surface area contributed by atoms with Crippen LogP contribution in [0.2, 0.25) is 0 Å². The van der Waals surface area contributed by atoms with Crippen LogP contribution in [0.4, 0.5) is 0 Å². The van der Waals surface area contributed by atoms with Gasteiger partial charge in [0.05, 0.1) is 13.2 Å². The monoisotopic (exact) mass is 255 g/mol. The number of thioether (sulfide) groups is 1. The number of carbonyl (C=O) groups is 1. The Hall–Kier alpha value is -1.04. The number of ether oxygens (including phenoxy) is 1. The van der Waals surface area contributed by atoms with E-state index in [1.165, 1.54) is 5.56 Å². The summed E-state index contributed by atoms with van der Waals surface area (Å²) in [4.78, 5) is 16.5. The van der Waals surface area contributed by atoms with E-state index >= 15 is 0 Å². The lowest BCUT2D eigenvalue weighted by molar-refractivity contribution is 0.00889. The molecule has 0 heterocycles. The number of nitrogens with one attached hydrogen (secondary N) is 1. The van der Waals surface area contributed by atoms with Crippen molar-refractivity contribution < 1.29 is 14.4 Å². The highest BCUT2D eigenvalue weighted by molar-refractivity contribution is 7.97. The smallest absolute Gasteiger partial charge is 0.274 e. The minimum absolute atomic E-state index is 0.239. The van der Waals surface area contributed by atoms with Gasteiger partial charge < -0.3 is 4.74 Å². The first kappa shape index (κ1) is 14.0. The van der Waals surface area contributed by atoms with Crippen LogP contribution in [0.3, 0.4) is 0 Å². The molecular weight excluding hydrogens is 238 g/mol. The van der Waals surface area contributed by atoms with Crippen LogP contribution in [-0.4, -0.2) is 32.5 Å². The number of benzene rings is 1. The van der Waals surface area contributed by atoms with Gasteiger partial charge in [0.25, 0.3) is 5.91 Å². The van der Waals surface area contributed by atoms with E-state index in [2.05, 4.69) is 5.48 Å². The Morgan fingerprint density at radius 1 is 1.29 bits per heavy atom. The van der Waals surface area contributed by atoms with Crippen LogP contribution in [0.1, 0.15) is 15.9 Å². The highest BCUT2D eigenvalue weighted by Crippen LogP contribution is 2.10. The minimum atomic E-state index is -0.239. The average molecular weight is 255 g/mol. The Morgan fingerprint density at radius 3 is 2.59 bits per heavy atom. The van der Waals surface area contributed by atoms with E-state index < -0.39 is 0 Å². The number of methoxy groups -OCH3 is 1. The van der Waals surface area contributed by atoms with Crippen LogP contribution in [0.25, 0.3) is 0 Å². The zero-order valence-electron chi connectivity index (χ0n) is 10.1.